The Hall–Kier alpha value is -4.67. The van der Waals surface area contributed by atoms with Crippen LogP contribution in [-0.4, -0.2) is 54.0 Å². The molecule has 1 saturated carbocycles. The van der Waals surface area contributed by atoms with Gasteiger partial charge in [-0.1, -0.05) is 18.7 Å². The summed E-state index contributed by atoms with van der Waals surface area (Å²) < 4.78 is 15.3. The summed E-state index contributed by atoms with van der Waals surface area (Å²) in [5.41, 5.74) is 8.57. The van der Waals surface area contributed by atoms with Crippen LogP contribution in [-0.2, 0) is 4.79 Å². The number of carbonyl (C=O) groups is 2. The van der Waals surface area contributed by atoms with E-state index in [1.54, 1.807) is 24.3 Å². The van der Waals surface area contributed by atoms with Gasteiger partial charge in [-0.2, -0.15) is 5.10 Å². The minimum atomic E-state index is -0.490. The molecule has 3 aromatic heterocycles. The molecule has 2 amide bonds. The third-order valence-corrected chi connectivity index (χ3v) is 7.12. The molecule has 2 fully saturated rings. The van der Waals surface area contributed by atoms with E-state index in [4.69, 9.17) is 10.8 Å². The lowest BCUT2D eigenvalue weighted by atomic mass is 10.1. The number of hydrogen-bond donors (Lipinski definition) is 2. The molecular weight excluding hydrogens is 475 g/mol. The van der Waals surface area contributed by atoms with Crippen molar-refractivity contribution in [1.29, 1.82) is 0 Å². The fourth-order valence-corrected chi connectivity index (χ4v) is 5.49. The van der Waals surface area contributed by atoms with Gasteiger partial charge in [0.15, 0.2) is 5.65 Å². The first kappa shape index (κ1) is 22.8. The number of nitrogens with one attached hydrogen (secondary N) is 1. The summed E-state index contributed by atoms with van der Waals surface area (Å²) in [5, 5.41) is 8.11. The Labute approximate surface area is 211 Å². The van der Waals surface area contributed by atoms with Crippen molar-refractivity contribution >= 4 is 34.5 Å². The first-order valence-corrected chi connectivity index (χ1v) is 11.9. The normalized spacial score (nSPS) is 20.4. The maximum absolute atomic E-state index is 13.4. The zero-order valence-electron chi connectivity index (χ0n) is 19.7. The molecule has 2 bridgehead atoms. The zero-order valence-corrected chi connectivity index (χ0v) is 19.7. The zero-order chi connectivity index (χ0) is 25.7. The first-order chi connectivity index (χ1) is 17.9. The summed E-state index contributed by atoms with van der Waals surface area (Å²) in [4.78, 5) is 39.5. The second-order valence-corrected chi connectivity index (χ2v) is 9.31. The Balaban J connectivity index is 1.34. The van der Waals surface area contributed by atoms with Crippen LogP contribution in [0.2, 0.25) is 0 Å². The monoisotopic (exact) mass is 498 g/mol. The standard InChI is InChI=1S/C26H23FN8O2/c1-2-21(36)34-12-14-9-18(34)19(10-14)35-25-22(24(28)30-13-31-25)23(33-35)15-3-5-16(6-4-15)26(37)32-20-11-17(27)7-8-29-20/h2-8,11,13-14,18-19H,1,9-10,12H2,(H2,28,30,31)(H,29,32,37)/t14-,18-,19-/m1/s1. The van der Waals surface area contributed by atoms with Gasteiger partial charge in [-0.3, -0.25) is 9.59 Å². The number of amides is 2. The van der Waals surface area contributed by atoms with Gasteiger partial charge < -0.3 is 16.0 Å². The molecule has 1 aliphatic carbocycles. The Bertz CT molecular complexity index is 1550. The molecule has 37 heavy (non-hydrogen) atoms. The van der Waals surface area contributed by atoms with Gasteiger partial charge in [0.1, 0.15) is 29.5 Å². The molecule has 0 unspecified atom stereocenters. The van der Waals surface area contributed by atoms with Gasteiger partial charge in [-0.05, 0) is 43.0 Å². The minimum absolute atomic E-state index is 0.00476. The second-order valence-electron chi connectivity index (χ2n) is 9.31. The highest BCUT2D eigenvalue weighted by atomic mass is 19.1. The average Bonchev–Trinajstić information content (AvgIpc) is 3.62. The smallest absolute Gasteiger partial charge is 0.256 e. The summed E-state index contributed by atoms with van der Waals surface area (Å²) in [6, 6.07) is 9.14. The summed E-state index contributed by atoms with van der Waals surface area (Å²) in [6.45, 7) is 4.37. The van der Waals surface area contributed by atoms with Gasteiger partial charge in [-0.25, -0.2) is 24.0 Å². The molecule has 4 aromatic rings. The largest absolute Gasteiger partial charge is 0.383 e. The maximum Gasteiger partial charge on any atom is 0.256 e. The maximum atomic E-state index is 13.4. The van der Waals surface area contributed by atoms with Gasteiger partial charge in [0, 0.05) is 29.9 Å². The number of likely N-dealkylation sites (tertiary alicyclic amines) is 1. The number of carbonyl (C=O) groups excluding carboxylic acids is 2. The number of aromatic nitrogens is 5. The molecular formula is C26H23FN8O2. The number of rotatable bonds is 5. The van der Waals surface area contributed by atoms with Crippen LogP contribution < -0.4 is 11.1 Å². The Morgan fingerprint density at radius 2 is 1.89 bits per heavy atom. The molecule has 0 radical (unpaired) electrons. The van der Waals surface area contributed by atoms with Crippen LogP contribution in [0.3, 0.4) is 0 Å². The molecule has 0 spiro atoms. The third kappa shape index (κ3) is 3.88. The number of nitrogens with two attached hydrogens (primary N) is 1. The molecule has 4 heterocycles. The van der Waals surface area contributed by atoms with E-state index >= 15 is 0 Å². The van der Waals surface area contributed by atoms with Gasteiger partial charge in [0.25, 0.3) is 5.91 Å². The van der Waals surface area contributed by atoms with Gasteiger partial charge in [0.05, 0.1) is 17.5 Å². The number of hydrogen-bond acceptors (Lipinski definition) is 7. The fourth-order valence-electron chi connectivity index (χ4n) is 5.49. The van der Waals surface area contributed by atoms with E-state index in [0.29, 0.717) is 34.0 Å². The van der Waals surface area contributed by atoms with Crippen LogP contribution in [0.15, 0.2) is 61.6 Å². The van der Waals surface area contributed by atoms with E-state index in [9.17, 15) is 14.0 Å². The Morgan fingerprint density at radius 3 is 2.62 bits per heavy atom. The molecule has 1 saturated heterocycles. The lowest BCUT2D eigenvalue weighted by Crippen LogP contribution is -2.42. The van der Waals surface area contributed by atoms with E-state index in [0.717, 1.165) is 31.0 Å². The van der Waals surface area contributed by atoms with Gasteiger partial charge >= 0.3 is 0 Å². The lowest BCUT2D eigenvalue weighted by molar-refractivity contribution is -0.128. The summed E-state index contributed by atoms with van der Waals surface area (Å²) in [5.74, 6) is -0.172. The van der Waals surface area contributed by atoms with Crippen LogP contribution in [0.1, 0.15) is 29.2 Å². The van der Waals surface area contributed by atoms with Crippen molar-refractivity contribution in [2.45, 2.75) is 24.9 Å². The number of pyridine rings is 1. The van der Waals surface area contributed by atoms with E-state index in [1.165, 1.54) is 24.7 Å². The quantitative estimate of drug-likeness (QED) is 0.404. The van der Waals surface area contributed by atoms with E-state index < -0.39 is 11.7 Å². The highest BCUT2D eigenvalue weighted by Gasteiger charge is 2.48. The number of anilines is 2. The third-order valence-electron chi connectivity index (χ3n) is 7.12. The lowest BCUT2D eigenvalue weighted by Gasteiger charge is -2.32. The van der Waals surface area contributed by atoms with Crippen molar-refractivity contribution < 1.29 is 14.0 Å². The molecule has 1 aliphatic heterocycles. The minimum Gasteiger partial charge on any atom is -0.383 e. The number of nitrogens with zero attached hydrogens (tertiary/aromatic N) is 6. The number of benzene rings is 1. The SMILES string of the molecule is C=CC(=O)N1C[C@@H]2C[C@@H]1[C@H](n1nc(-c3ccc(C(=O)Nc4cc(F)ccn4)cc3)c3c(N)ncnc31)C2. The molecule has 10 nitrogen and oxygen atoms in total. The van der Waals surface area contributed by atoms with Crippen LogP contribution in [0.5, 0.6) is 0 Å². The van der Waals surface area contributed by atoms with Crippen molar-refractivity contribution in [2.24, 2.45) is 5.92 Å². The summed E-state index contributed by atoms with van der Waals surface area (Å²) >= 11 is 0. The van der Waals surface area contributed by atoms with Crippen molar-refractivity contribution in [3.63, 3.8) is 0 Å². The predicted molar refractivity (Wildman–Crippen MR) is 135 cm³/mol. The van der Waals surface area contributed by atoms with Crippen molar-refractivity contribution in [3.8, 4) is 11.3 Å². The van der Waals surface area contributed by atoms with Crippen LogP contribution >= 0.6 is 0 Å². The average molecular weight is 499 g/mol. The molecule has 6 rings (SSSR count). The van der Waals surface area contributed by atoms with Crippen molar-refractivity contribution in [1.82, 2.24) is 29.6 Å². The summed E-state index contributed by atoms with van der Waals surface area (Å²) in [6.07, 6.45) is 5.84. The molecule has 3 atom stereocenters. The predicted octanol–water partition coefficient (Wildman–Crippen LogP) is 3.21. The Morgan fingerprint density at radius 1 is 1.11 bits per heavy atom. The first-order valence-electron chi connectivity index (χ1n) is 11.9. The summed E-state index contributed by atoms with van der Waals surface area (Å²) in [7, 11) is 0. The van der Waals surface area contributed by atoms with Gasteiger partial charge in [-0.15, -0.1) is 0 Å². The molecule has 1 aromatic carbocycles. The van der Waals surface area contributed by atoms with Crippen LogP contribution in [0.4, 0.5) is 16.0 Å². The van der Waals surface area contributed by atoms with Crippen LogP contribution in [0, 0.1) is 11.7 Å². The van der Waals surface area contributed by atoms with Crippen molar-refractivity contribution in [3.05, 3.63) is 73.0 Å². The highest BCUT2D eigenvalue weighted by Crippen LogP contribution is 2.46. The topological polar surface area (TPSA) is 132 Å². The van der Waals surface area contributed by atoms with Gasteiger partial charge in [0.2, 0.25) is 5.91 Å². The molecule has 2 aliphatic rings. The second kappa shape index (κ2) is 8.77. The van der Waals surface area contributed by atoms with E-state index in [1.807, 2.05) is 9.58 Å². The fraction of sp³-hybridized carbons (Fsp3) is 0.231. The van der Waals surface area contributed by atoms with E-state index in [2.05, 4.69) is 26.8 Å². The Kier molecular flexibility index (Phi) is 5.40. The molecule has 11 heteroatoms. The number of halogens is 1. The highest BCUT2D eigenvalue weighted by molar-refractivity contribution is 6.04. The van der Waals surface area contributed by atoms with E-state index in [-0.39, 0.29) is 23.8 Å². The number of nitrogen functional groups attached to an aromatic ring is 1. The molecule has 186 valence electrons. The molecule has 3 N–H and O–H groups in total. The van der Waals surface area contributed by atoms with Crippen molar-refractivity contribution in [2.75, 3.05) is 17.6 Å². The number of piperidine rings is 1. The number of fused-ring (bicyclic) bond motifs is 3. The van der Waals surface area contributed by atoms with Crippen LogP contribution in [0.25, 0.3) is 22.3 Å².